The topological polar surface area (TPSA) is 89.2 Å². The van der Waals surface area contributed by atoms with E-state index in [0.29, 0.717) is 18.9 Å². The molecule has 0 unspecified atom stereocenters. The van der Waals surface area contributed by atoms with Gasteiger partial charge in [-0.2, -0.15) is 4.98 Å². The highest BCUT2D eigenvalue weighted by molar-refractivity contribution is 7.19. The molecule has 0 bridgehead atoms. The molecule has 0 radical (unpaired) electrons. The molecule has 166 valence electrons. The van der Waals surface area contributed by atoms with E-state index in [-0.39, 0.29) is 5.92 Å². The zero-order valence-corrected chi connectivity index (χ0v) is 19.1. The molecule has 1 aliphatic heterocycles. The third-order valence-electron chi connectivity index (χ3n) is 5.96. The molecule has 5 rings (SSSR count). The van der Waals surface area contributed by atoms with Crippen molar-refractivity contribution >= 4 is 27.4 Å². The van der Waals surface area contributed by atoms with Crippen molar-refractivity contribution in [2.75, 3.05) is 38.2 Å². The summed E-state index contributed by atoms with van der Waals surface area (Å²) in [6.07, 6.45) is 5.47. The summed E-state index contributed by atoms with van der Waals surface area (Å²) >= 11 is 1.85. The van der Waals surface area contributed by atoms with Crippen LogP contribution in [0.3, 0.4) is 0 Å². The highest BCUT2D eigenvalue weighted by Gasteiger charge is 2.22. The molecular weight excluding hydrogens is 412 g/mol. The first kappa shape index (κ1) is 20.8. The van der Waals surface area contributed by atoms with E-state index >= 15 is 0 Å². The molecule has 1 fully saturated rings. The standard InChI is InChI=1S/C22H30N6O2S/c1-14(2)20-26-18(30-27-20)7-8-23-21-19-15-5-3-4-6-16(15)31-22(19)25-17(24-21)13-28-9-11-29-12-10-28/h14H,3-13H2,1-2H3,(H,23,24,25). The van der Waals surface area contributed by atoms with E-state index < -0.39 is 0 Å². The van der Waals surface area contributed by atoms with Gasteiger partial charge < -0.3 is 14.6 Å². The van der Waals surface area contributed by atoms with Crippen molar-refractivity contribution in [3.8, 4) is 0 Å². The second-order valence-electron chi connectivity index (χ2n) is 8.65. The number of fused-ring (bicyclic) bond motifs is 3. The molecule has 0 aromatic carbocycles. The Morgan fingerprint density at radius 1 is 1.10 bits per heavy atom. The third-order valence-corrected chi connectivity index (χ3v) is 7.15. The van der Waals surface area contributed by atoms with Gasteiger partial charge in [0, 0.05) is 36.9 Å². The summed E-state index contributed by atoms with van der Waals surface area (Å²) in [5.41, 5.74) is 1.45. The maximum absolute atomic E-state index is 5.49. The van der Waals surface area contributed by atoms with Crippen LogP contribution in [0.5, 0.6) is 0 Å². The Morgan fingerprint density at radius 2 is 1.94 bits per heavy atom. The van der Waals surface area contributed by atoms with Crippen molar-refractivity contribution < 1.29 is 9.26 Å². The number of thiophene rings is 1. The Balaban J connectivity index is 1.38. The van der Waals surface area contributed by atoms with Gasteiger partial charge in [0.25, 0.3) is 0 Å². The average Bonchev–Trinajstić information content (AvgIpc) is 3.39. The van der Waals surface area contributed by atoms with Crippen LogP contribution in [0, 0.1) is 0 Å². The first-order valence-electron chi connectivity index (χ1n) is 11.3. The lowest BCUT2D eigenvalue weighted by atomic mass is 9.97. The molecule has 4 heterocycles. The van der Waals surface area contributed by atoms with Gasteiger partial charge in [-0.25, -0.2) is 9.97 Å². The van der Waals surface area contributed by atoms with Crippen LogP contribution in [0.4, 0.5) is 5.82 Å². The molecule has 1 saturated heterocycles. The maximum Gasteiger partial charge on any atom is 0.228 e. The minimum Gasteiger partial charge on any atom is -0.379 e. The molecule has 2 aliphatic rings. The van der Waals surface area contributed by atoms with Gasteiger partial charge in [0.1, 0.15) is 16.5 Å². The number of hydrogen-bond donors (Lipinski definition) is 1. The van der Waals surface area contributed by atoms with Crippen LogP contribution in [0.15, 0.2) is 4.52 Å². The number of nitrogens with zero attached hydrogens (tertiary/aromatic N) is 5. The third kappa shape index (κ3) is 4.58. The van der Waals surface area contributed by atoms with Crippen molar-refractivity contribution in [2.45, 2.75) is 58.4 Å². The number of rotatable bonds is 7. The number of anilines is 1. The summed E-state index contributed by atoms with van der Waals surface area (Å²) < 4.78 is 10.9. The Labute approximate surface area is 186 Å². The predicted octanol–water partition coefficient (Wildman–Crippen LogP) is 3.56. The van der Waals surface area contributed by atoms with E-state index in [4.69, 9.17) is 19.2 Å². The van der Waals surface area contributed by atoms with Gasteiger partial charge in [0.05, 0.1) is 25.1 Å². The quantitative estimate of drug-likeness (QED) is 0.594. The smallest absolute Gasteiger partial charge is 0.228 e. The summed E-state index contributed by atoms with van der Waals surface area (Å²) in [6, 6.07) is 0. The normalized spacial score (nSPS) is 17.4. The van der Waals surface area contributed by atoms with Crippen molar-refractivity contribution in [2.24, 2.45) is 0 Å². The average molecular weight is 443 g/mol. The van der Waals surface area contributed by atoms with Crippen molar-refractivity contribution in [3.05, 3.63) is 28.0 Å². The van der Waals surface area contributed by atoms with Gasteiger partial charge in [0.15, 0.2) is 5.82 Å². The van der Waals surface area contributed by atoms with Crippen LogP contribution >= 0.6 is 11.3 Å². The molecule has 0 spiro atoms. The molecule has 0 amide bonds. The fourth-order valence-corrected chi connectivity index (χ4v) is 5.53. The number of nitrogens with one attached hydrogen (secondary N) is 1. The van der Waals surface area contributed by atoms with Gasteiger partial charge in [0.2, 0.25) is 5.89 Å². The zero-order valence-electron chi connectivity index (χ0n) is 18.3. The largest absolute Gasteiger partial charge is 0.379 e. The van der Waals surface area contributed by atoms with E-state index in [1.165, 1.54) is 28.7 Å². The number of morpholine rings is 1. The monoisotopic (exact) mass is 442 g/mol. The molecule has 0 saturated carbocycles. The van der Waals surface area contributed by atoms with Crippen LogP contribution < -0.4 is 5.32 Å². The number of aromatic nitrogens is 4. The number of aryl methyl sites for hydroxylation is 2. The van der Waals surface area contributed by atoms with Crippen LogP contribution in [-0.2, 0) is 30.5 Å². The molecule has 0 atom stereocenters. The summed E-state index contributed by atoms with van der Waals surface area (Å²) in [6.45, 7) is 9.03. The van der Waals surface area contributed by atoms with Gasteiger partial charge in [-0.1, -0.05) is 19.0 Å². The van der Waals surface area contributed by atoms with Crippen LogP contribution in [0.1, 0.15) is 60.6 Å². The molecule has 9 heteroatoms. The lowest BCUT2D eigenvalue weighted by Crippen LogP contribution is -2.36. The predicted molar refractivity (Wildman–Crippen MR) is 121 cm³/mol. The van der Waals surface area contributed by atoms with Crippen molar-refractivity contribution in [3.63, 3.8) is 0 Å². The number of ether oxygens (including phenoxy) is 1. The fourth-order valence-electron chi connectivity index (χ4n) is 4.25. The molecular formula is C22H30N6O2S. The van der Waals surface area contributed by atoms with Crippen molar-refractivity contribution in [1.82, 2.24) is 25.0 Å². The summed E-state index contributed by atoms with van der Waals surface area (Å²) in [5, 5.41) is 8.86. The van der Waals surface area contributed by atoms with E-state index in [1.54, 1.807) is 0 Å². The van der Waals surface area contributed by atoms with Crippen LogP contribution in [-0.4, -0.2) is 57.9 Å². The van der Waals surface area contributed by atoms with Crippen LogP contribution in [0.2, 0.25) is 0 Å². The molecule has 3 aromatic heterocycles. The van der Waals surface area contributed by atoms with E-state index in [1.807, 2.05) is 11.3 Å². The van der Waals surface area contributed by atoms with Gasteiger partial charge in [-0.05, 0) is 31.2 Å². The lowest BCUT2D eigenvalue weighted by molar-refractivity contribution is 0.0331. The zero-order chi connectivity index (χ0) is 21.2. The molecule has 3 aromatic rings. The Bertz CT molecular complexity index is 1040. The summed E-state index contributed by atoms with van der Waals surface area (Å²) in [7, 11) is 0. The second-order valence-corrected chi connectivity index (χ2v) is 9.73. The first-order chi connectivity index (χ1) is 15.2. The van der Waals surface area contributed by atoms with E-state index in [9.17, 15) is 0 Å². The van der Waals surface area contributed by atoms with E-state index in [0.717, 1.165) is 68.0 Å². The molecule has 31 heavy (non-hydrogen) atoms. The maximum atomic E-state index is 5.49. The Hall–Kier alpha value is -2.10. The SMILES string of the molecule is CC(C)c1noc(CCNc2nc(CN3CCOCC3)nc3sc4c(c23)CCCC4)n1. The summed E-state index contributed by atoms with van der Waals surface area (Å²) in [5.74, 6) is 3.54. The highest BCUT2D eigenvalue weighted by atomic mass is 32.1. The Kier molecular flexibility index (Phi) is 6.15. The first-order valence-corrected chi connectivity index (χ1v) is 12.2. The fraction of sp³-hybridized carbons (Fsp3) is 0.636. The minimum absolute atomic E-state index is 0.270. The van der Waals surface area contributed by atoms with Gasteiger partial charge in [-0.15, -0.1) is 11.3 Å². The van der Waals surface area contributed by atoms with Crippen LogP contribution in [0.25, 0.3) is 10.2 Å². The van der Waals surface area contributed by atoms with Gasteiger partial charge in [-0.3, -0.25) is 4.90 Å². The minimum atomic E-state index is 0.270. The van der Waals surface area contributed by atoms with Gasteiger partial charge >= 0.3 is 0 Å². The van der Waals surface area contributed by atoms with E-state index in [2.05, 4.69) is 34.2 Å². The second kappa shape index (κ2) is 9.18. The lowest BCUT2D eigenvalue weighted by Gasteiger charge is -2.25. The van der Waals surface area contributed by atoms with Crippen molar-refractivity contribution in [1.29, 1.82) is 0 Å². The molecule has 1 aliphatic carbocycles. The number of hydrogen-bond acceptors (Lipinski definition) is 9. The molecule has 1 N–H and O–H groups in total. The Morgan fingerprint density at radius 3 is 2.74 bits per heavy atom. The highest BCUT2D eigenvalue weighted by Crippen LogP contribution is 2.38. The molecule has 8 nitrogen and oxygen atoms in total. The summed E-state index contributed by atoms with van der Waals surface area (Å²) in [4.78, 5) is 19.4.